The lowest BCUT2D eigenvalue weighted by atomic mass is 10.1. The monoisotopic (exact) mass is 289 g/mol. The van der Waals surface area contributed by atoms with Gasteiger partial charge in [0.25, 0.3) is 0 Å². The van der Waals surface area contributed by atoms with Gasteiger partial charge in [-0.05, 0) is 47.4 Å². The molecule has 2 heteroatoms. The van der Waals surface area contributed by atoms with E-state index < -0.39 is 0 Å². The van der Waals surface area contributed by atoms with Crippen molar-refractivity contribution in [2.75, 3.05) is 11.9 Å². The molecule has 0 atom stereocenters. The second-order valence-corrected chi connectivity index (χ2v) is 5.29. The van der Waals surface area contributed by atoms with E-state index in [2.05, 4.69) is 53.8 Å². The Balaban J connectivity index is 1.56. The Labute approximate surface area is 131 Å². The van der Waals surface area contributed by atoms with Crippen LogP contribution in [-0.4, -0.2) is 11.7 Å². The van der Waals surface area contributed by atoms with Gasteiger partial charge in [0.15, 0.2) is 0 Å². The van der Waals surface area contributed by atoms with E-state index in [9.17, 15) is 5.11 Å². The van der Waals surface area contributed by atoms with Gasteiger partial charge in [0.2, 0.25) is 0 Å². The fraction of sp³-hybridized carbons (Fsp3) is 0.100. The lowest BCUT2D eigenvalue weighted by Crippen LogP contribution is -2.04. The molecule has 2 nitrogen and oxygen atoms in total. The van der Waals surface area contributed by atoms with Crippen LogP contribution in [0.3, 0.4) is 0 Å². The molecule has 22 heavy (non-hydrogen) atoms. The van der Waals surface area contributed by atoms with Gasteiger partial charge in [-0.3, -0.25) is 0 Å². The van der Waals surface area contributed by atoms with Gasteiger partial charge in [0.05, 0.1) is 0 Å². The normalized spacial score (nSPS) is 10.4. The molecule has 0 fully saturated rings. The number of nitrogens with one attached hydrogen (secondary N) is 1. The third-order valence-electron chi connectivity index (χ3n) is 3.67. The van der Waals surface area contributed by atoms with Crippen LogP contribution < -0.4 is 5.32 Å². The average molecular weight is 289 g/mol. The molecule has 2 N–H and O–H groups in total. The first kappa shape index (κ1) is 14.2. The van der Waals surface area contributed by atoms with E-state index in [1.807, 2.05) is 18.2 Å². The van der Waals surface area contributed by atoms with Gasteiger partial charge in [-0.25, -0.2) is 0 Å². The van der Waals surface area contributed by atoms with E-state index in [4.69, 9.17) is 0 Å². The van der Waals surface area contributed by atoms with Crippen molar-refractivity contribution >= 4 is 5.69 Å². The van der Waals surface area contributed by atoms with E-state index in [0.29, 0.717) is 5.75 Å². The Kier molecular flexibility index (Phi) is 4.40. The standard InChI is InChI=1S/C20H19NO/c22-20-12-6-16(7-13-20)14-15-21-19-10-8-18(9-11-19)17-4-2-1-3-5-17/h1-13,21-22H,14-15H2. The number of phenols is 1. The predicted molar refractivity (Wildman–Crippen MR) is 92.2 cm³/mol. The van der Waals surface area contributed by atoms with Gasteiger partial charge >= 0.3 is 0 Å². The Morgan fingerprint density at radius 1 is 0.682 bits per heavy atom. The molecule has 0 radical (unpaired) electrons. The summed E-state index contributed by atoms with van der Waals surface area (Å²) in [6, 6.07) is 26.2. The van der Waals surface area contributed by atoms with Gasteiger partial charge < -0.3 is 10.4 Å². The summed E-state index contributed by atoms with van der Waals surface area (Å²) in [6.07, 6.45) is 0.931. The fourth-order valence-electron chi connectivity index (χ4n) is 2.42. The first-order valence-electron chi connectivity index (χ1n) is 7.48. The molecular weight excluding hydrogens is 270 g/mol. The first-order valence-corrected chi connectivity index (χ1v) is 7.48. The molecular formula is C20H19NO. The molecule has 0 aliphatic rings. The maximum atomic E-state index is 9.26. The van der Waals surface area contributed by atoms with Gasteiger partial charge in [-0.15, -0.1) is 0 Å². The Morgan fingerprint density at radius 3 is 2.00 bits per heavy atom. The first-order chi connectivity index (χ1) is 10.8. The minimum atomic E-state index is 0.313. The number of benzene rings is 3. The SMILES string of the molecule is Oc1ccc(CCNc2ccc(-c3ccccc3)cc2)cc1. The zero-order valence-corrected chi connectivity index (χ0v) is 12.4. The van der Waals surface area contributed by atoms with Crippen LogP contribution in [0, 0.1) is 0 Å². The van der Waals surface area contributed by atoms with Crippen molar-refractivity contribution in [3.8, 4) is 16.9 Å². The molecule has 3 rings (SSSR count). The Morgan fingerprint density at radius 2 is 1.32 bits per heavy atom. The van der Waals surface area contributed by atoms with E-state index in [1.54, 1.807) is 12.1 Å². The van der Waals surface area contributed by atoms with Crippen molar-refractivity contribution in [2.45, 2.75) is 6.42 Å². The maximum absolute atomic E-state index is 9.26. The maximum Gasteiger partial charge on any atom is 0.115 e. The largest absolute Gasteiger partial charge is 0.508 e. The molecule has 0 aliphatic carbocycles. The molecule has 0 aromatic heterocycles. The highest BCUT2D eigenvalue weighted by atomic mass is 16.3. The highest BCUT2D eigenvalue weighted by Crippen LogP contribution is 2.21. The highest BCUT2D eigenvalue weighted by molar-refractivity contribution is 5.65. The summed E-state index contributed by atoms with van der Waals surface area (Å²) in [5.74, 6) is 0.313. The molecule has 0 aliphatic heterocycles. The molecule has 0 unspecified atom stereocenters. The molecule has 0 amide bonds. The minimum absolute atomic E-state index is 0.313. The lowest BCUT2D eigenvalue weighted by molar-refractivity contribution is 0.475. The van der Waals surface area contributed by atoms with Crippen LogP contribution in [0.15, 0.2) is 78.9 Å². The van der Waals surface area contributed by atoms with Crippen LogP contribution in [0.4, 0.5) is 5.69 Å². The minimum Gasteiger partial charge on any atom is -0.508 e. The van der Waals surface area contributed by atoms with Crippen LogP contribution in [0.5, 0.6) is 5.75 Å². The number of rotatable bonds is 5. The number of phenolic OH excluding ortho intramolecular Hbond substituents is 1. The van der Waals surface area contributed by atoms with Crippen LogP contribution >= 0.6 is 0 Å². The number of anilines is 1. The summed E-state index contributed by atoms with van der Waals surface area (Å²) in [4.78, 5) is 0. The summed E-state index contributed by atoms with van der Waals surface area (Å²) in [6.45, 7) is 0.870. The highest BCUT2D eigenvalue weighted by Gasteiger charge is 1.98. The summed E-state index contributed by atoms with van der Waals surface area (Å²) in [5.41, 5.74) is 4.80. The smallest absolute Gasteiger partial charge is 0.115 e. The summed E-state index contributed by atoms with van der Waals surface area (Å²) < 4.78 is 0. The summed E-state index contributed by atoms with van der Waals surface area (Å²) >= 11 is 0. The zero-order chi connectivity index (χ0) is 15.2. The van der Waals surface area contributed by atoms with Crippen LogP contribution in [-0.2, 0) is 6.42 Å². The Hall–Kier alpha value is -2.74. The second-order valence-electron chi connectivity index (χ2n) is 5.29. The molecule has 0 heterocycles. The molecule has 0 saturated carbocycles. The van der Waals surface area contributed by atoms with Crippen molar-refractivity contribution in [3.05, 3.63) is 84.4 Å². The molecule has 3 aromatic rings. The van der Waals surface area contributed by atoms with E-state index in [-0.39, 0.29) is 0 Å². The van der Waals surface area contributed by atoms with Crippen molar-refractivity contribution < 1.29 is 5.11 Å². The third kappa shape index (κ3) is 3.67. The van der Waals surface area contributed by atoms with E-state index in [0.717, 1.165) is 18.7 Å². The van der Waals surface area contributed by atoms with Crippen molar-refractivity contribution in [2.24, 2.45) is 0 Å². The van der Waals surface area contributed by atoms with Crippen LogP contribution in [0.2, 0.25) is 0 Å². The number of hydrogen-bond acceptors (Lipinski definition) is 2. The Bertz CT molecular complexity index is 703. The van der Waals surface area contributed by atoms with Crippen molar-refractivity contribution in [1.82, 2.24) is 0 Å². The van der Waals surface area contributed by atoms with E-state index in [1.165, 1.54) is 16.7 Å². The summed E-state index contributed by atoms with van der Waals surface area (Å²) in [5, 5.41) is 12.7. The van der Waals surface area contributed by atoms with Gasteiger partial charge in [-0.1, -0.05) is 54.6 Å². The zero-order valence-electron chi connectivity index (χ0n) is 12.4. The fourth-order valence-corrected chi connectivity index (χ4v) is 2.42. The third-order valence-corrected chi connectivity index (χ3v) is 3.67. The predicted octanol–water partition coefficient (Wildman–Crippen LogP) is 4.71. The molecule has 0 bridgehead atoms. The molecule has 0 saturated heterocycles. The van der Waals surface area contributed by atoms with Gasteiger partial charge in [0, 0.05) is 12.2 Å². The van der Waals surface area contributed by atoms with Crippen LogP contribution in [0.25, 0.3) is 11.1 Å². The molecule has 3 aromatic carbocycles. The average Bonchev–Trinajstić information content (AvgIpc) is 2.58. The van der Waals surface area contributed by atoms with Crippen molar-refractivity contribution in [1.29, 1.82) is 0 Å². The number of aromatic hydroxyl groups is 1. The lowest BCUT2D eigenvalue weighted by Gasteiger charge is -2.08. The second kappa shape index (κ2) is 6.81. The van der Waals surface area contributed by atoms with Crippen molar-refractivity contribution in [3.63, 3.8) is 0 Å². The molecule has 110 valence electrons. The quantitative estimate of drug-likeness (QED) is 0.712. The topological polar surface area (TPSA) is 32.3 Å². The molecule has 0 spiro atoms. The van der Waals surface area contributed by atoms with E-state index >= 15 is 0 Å². The summed E-state index contributed by atoms with van der Waals surface area (Å²) in [7, 11) is 0. The van der Waals surface area contributed by atoms with Crippen LogP contribution in [0.1, 0.15) is 5.56 Å². The van der Waals surface area contributed by atoms with Gasteiger partial charge in [0.1, 0.15) is 5.75 Å². The van der Waals surface area contributed by atoms with Gasteiger partial charge in [-0.2, -0.15) is 0 Å². The number of hydrogen-bond donors (Lipinski definition) is 2.